The number of aromatic nitrogens is 2. The maximum Gasteiger partial charge on any atom is 0.328 e. The van der Waals surface area contributed by atoms with Crippen molar-refractivity contribution in [3.8, 4) is 0 Å². The molecule has 1 aromatic heterocycles. The third kappa shape index (κ3) is 3.45. The van der Waals surface area contributed by atoms with Crippen LogP contribution in [-0.4, -0.2) is 33.3 Å². The Morgan fingerprint density at radius 1 is 1.65 bits per heavy atom. The Bertz CT molecular complexity index is 458. The fraction of sp³-hybridized carbons (Fsp3) is 0.364. The van der Waals surface area contributed by atoms with Crippen molar-refractivity contribution in [3.63, 3.8) is 0 Å². The quantitative estimate of drug-likeness (QED) is 0.473. The maximum atomic E-state index is 10.5. The van der Waals surface area contributed by atoms with Gasteiger partial charge in [0.05, 0.1) is 0 Å². The zero-order chi connectivity index (χ0) is 12.3. The van der Waals surface area contributed by atoms with Gasteiger partial charge < -0.3 is 10.4 Å². The maximum absolute atomic E-state index is 10.5. The molecule has 0 radical (unpaired) electrons. The molecule has 0 aromatic carbocycles. The van der Waals surface area contributed by atoms with Gasteiger partial charge in [-0.1, -0.05) is 11.8 Å². The third-order valence-electron chi connectivity index (χ3n) is 2.30. The molecule has 1 aliphatic carbocycles. The average Bonchev–Trinajstić information content (AvgIpc) is 3.11. The molecule has 2 rings (SSSR count). The van der Waals surface area contributed by atoms with E-state index in [1.807, 2.05) is 6.26 Å². The fourth-order valence-electron chi connectivity index (χ4n) is 1.29. The summed E-state index contributed by atoms with van der Waals surface area (Å²) in [4.78, 5) is 19.0. The van der Waals surface area contributed by atoms with Crippen molar-refractivity contribution in [2.75, 3.05) is 11.6 Å². The minimum absolute atomic E-state index is 0.469. The molecule has 1 heterocycles. The van der Waals surface area contributed by atoms with E-state index < -0.39 is 5.97 Å². The second kappa shape index (κ2) is 5.18. The number of hydrogen-bond acceptors (Lipinski definition) is 5. The van der Waals surface area contributed by atoms with Crippen molar-refractivity contribution in [2.45, 2.75) is 24.0 Å². The first-order chi connectivity index (χ1) is 8.19. The van der Waals surface area contributed by atoms with Crippen LogP contribution in [0, 0.1) is 0 Å². The molecule has 0 atom stereocenters. The summed E-state index contributed by atoms with van der Waals surface area (Å²) < 4.78 is 0. The van der Waals surface area contributed by atoms with E-state index in [4.69, 9.17) is 5.11 Å². The molecule has 2 N–H and O–H groups in total. The number of anilines is 1. The van der Waals surface area contributed by atoms with Crippen molar-refractivity contribution in [1.82, 2.24) is 9.97 Å². The molecule has 0 spiro atoms. The van der Waals surface area contributed by atoms with Gasteiger partial charge in [0, 0.05) is 23.9 Å². The smallest absolute Gasteiger partial charge is 0.328 e. The van der Waals surface area contributed by atoms with E-state index in [9.17, 15) is 4.79 Å². The summed E-state index contributed by atoms with van der Waals surface area (Å²) in [6, 6.07) is 0.469. The Morgan fingerprint density at radius 3 is 3.00 bits per heavy atom. The molecule has 0 unspecified atom stereocenters. The molecule has 1 saturated carbocycles. The molecular weight excluding hydrogens is 238 g/mol. The van der Waals surface area contributed by atoms with Crippen molar-refractivity contribution in [1.29, 1.82) is 0 Å². The highest BCUT2D eigenvalue weighted by atomic mass is 32.2. The van der Waals surface area contributed by atoms with Gasteiger partial charge in [0.25, 0.3) is 0 Å². The number of nitrogens with one attached hydrogen (secondary N) is 1. The normalized spacial score (nSPS) is 15.1. The largest absolute Gasteiger partial charge is 0.478 e. The van der Waals surface area contributed by atoms with Crippen molar-refractivity contribution in [2.24, 2.45) is 0 Å². The second-order valence-corrected chi connectivity index (χ2v) is 4.52. The summed E-state index contributed by atoms with van der Waals surface area (Å²) in [7, 11) is 0. The first-order valence-corrected chi connectivity index (χ1v) is 6.50. The predicted molar refractivity (Wildman–Crippen MR) is 67.1 cm³/mol. The molecule has 17 heavy (non-hydrogen) atoms. The summed E-state index contributed by atoms with van der Waals surface area (Å²) in [5.41, 5.74) is 0.706. The Morgan fingerprint density at radius 2 is 2.41 bits per heavy atom. The number of carboxylic acid groups (broad SMARTS) is 1. The van der Waals surface area contributed by atoms with E-state index in [-0.39, 0.29) is 0 Å². The van der Waals surface area contributed by atoms with Gasteiger partial charge in [-0.2, -0.15) is 0 Å². The van der Waals surface area contributed by atoms with Gasteiger partial charge in [-0.3, -0.25) is 0 Å². The Labute approximate surface area is 103 Å². The standard InChI is InChI=1S/C11H13N3O2S/c1-17-11-12-6-7(2-5-9(15)16)10(14-11)13-8-3-4-8/h2,5-6,8H,3-4H2,1H3,(H,15,16)(H,12,13,14)/b5-2+. The summed E-state index contributed by atoms with van der Waals surface area (Å²) in [5, 5.41) is 12.6. The molecule has 1 fully saturated rings. The highest BCUT2D eigenvalue weighted by Gasteiger charge is 2.22. The van der Waals surface area contributed by atoms with E-state index in [0.717, 1.165) is 18.9 Å². The molecule has 0 amide bonds. The number of rotatable bonds is 5. The lowest BCUT2D eigenvalue weighted by atomic mass is 10.2. The van der Waals surface area contributed by atoms with Crippen LogP contribution < -0.4 is 5.32 Å². The van der Waals surface area contributed by atoms with E-state index >= 15 is 0 Å². The molecule has 0 saturated heterocycles. The zero-order valence-corrected chi connectivity index (χ0v) is 10.2. The van der Waals surface area contributed by atoms with Crippen LogP contribution in [0.3, 0.4) is 0 Å². The fourth-order valence-corrected chi connectivity index (χ4v) is 1.63. The number of thioether (sulfide) groups is 1. The Hall–Kier alpha value is -1.56. The minimum Gasteiger partial charge on any atom is -0.478 e. The SMILES string of the molecule is CSc1ncc(/C=C/C(=O)O)c(NC2CC2)n1. The van der Waals surface area contributed by atoms with Gasteiger partial charge >= 0.3 is 5.97 Å². The molecule has 1 aliphatic rings. The van der Waals surface area contributed by atoms with Crippen LogP contribution in [0.4, 0.5) is 5.82 Å². The summed E-state index contributed by atoms with van der Waals surface area (Å²) in [6.45, 7) is 0. The monoisotopic (exact) mass is 251 g/mol. The molecule has 0 bridgehead atoms. The second-order valence-electron chi connectivity index (χ2n) is 3.75. The molecule has 5 nitrogen and oxygen atoms in total. The molecule has 0 aliphatic heterocycles. The average molecular weight is 251 g/mol. The van der Waals surface area contributed by atoms with Crippen LogP contribution in [0.2, 0.25) is 0 Å². The Balaban J connectivity index is 2.24. The molecule has 1 aromatic rings. The first-order valence-electron chi connectivity index (χ1n) is 5.27. The van der Waals surface area contributed by atoms with Crippen LogP contribution in [0.25, 0.3) is 6.08 Å². The van der Waals surface area contributed by atoms with Gasteiger partial charge in [0.15, 0.2) is 5.16 Å². The van der Waals surface area contributed by atoms with Crippen molar-refractivity contribution in [3.05, 3.63) is 17.8 Å². The van der Waals surface area contributed by atoms with E-state index in [1.165, 1.54) is 17.8 Å². The number of carbonyl (C=O) groups is 1. The minimum atomic E-state index is -0.976. The molecular formula is C11H13N3O2S. The zero-order valence-electron chi connectivity index (χ0n) is 9.38. The predicted octanol–water partition coefficient (Wildman–Crippen LogP) is 1.87. The van der Waals surface area contributed by atoms with Crippen molar-refractivity contribution < 1.29 is 9.90 Å². The highest BCUT2D eigenvalue weighted by molar-refractivity contribution is 7.98. The topological polar surface area (TPSA) is 75.1 Å². The van der Waals surface area contributed by atoms with Gasteiger partial charge in [0.1, 0.15) is 5.82 Å². The van der Waals surface area contributed by atoms with Crippen molar-refractivity contribution >= 4 is 29.6 Å². The Kier molecular flexibility index (Phi) is 3.63. The lowest BCUT2D eigenvalue weighted by molar-refractivity contribution is -0.131. The van der Waals surface area contributed by atoms with E-state index in [0.29, 0.717) is 22.6 Å². The number of carboxylic acids is 1. The van der Waals surface area contributed by atoms with Crippen LogP contribution in [-0.2, 0) is 4.79 Å². The summed E-state index contributed by atoms with van der Waals surface area (Å²) in [5.74, 6) is -0.263. The van der Waals surface area contributed by atoms with Gasteiger partial charge in [-0.25, -0.2) is 14.8 Å². The van der Waals surface area contributed by atoms with Crippen LogP contribution in [0.5, 0.6) is 0 Å². The third-order valence-corrected chi connectivity index (χ3v) is 2.86. The summed E-state index contributed by atoms with van der Waals surface area (Å²) in [6.07, 6.45) is 8.43. The van der Waals surface area contributed by atoms with Crippen LogP contribution in [0.1, 0.15) is 18.4 Å². The van der Waals surface area contributed by atoms with E-state index in [2.05, 4.69) is 15.3 Å². The molecule has 90 valence electrons. The number of aliphatic carboxylic acids is 1. The van der Waals surface area contributed by atoms with Gasteiger partial charge in [-0.15, -0.1) is 0 Å². The van der Waals surface area contributed by atoms with Crippen LogP contribution >= 0.6 is 11.8 Å². The molecule has 6 heteroatoms. The lowest BCUT2D eigenvalue weighted by Gasteiger charge is -2.07. The van der Waals surface area contributed by atoms with Gasteiger partial charge in [-0.05, 0) is 25.2 Å². The number of hydrogen-bond donors (Lipinski definition) is 2. The number of nitrogens with zero attached hydrogens (tertiary/aromatic N) is 2. The van der Waals surface area contributed by atoms with Gasteiger partial charge in [0.2, 0.25) is 0 Å². The highest BCUT2D eigenvalue weighted by Crippen LogP contribution is 2.26. The summed E-state index contributed by atoms with van der Waals surface area (Å²) >= 11 is 1.46. The first kappa shape index (κ1) is 11.9. The van der Waals surface area contributed by atoms with E-state index in [1.54, 1.807) is 6.20 Å². The van der Waals surface area contributed by atoms with Crippen LogP contribution in [0.15, 0.2) is 17.4 Å². The lowest BCUT2D eigenvalue weighted by Crippen LogP contribution is -2.06.